The maximum absolute atomic E-state index is 11.6. The molecule has 0 heterocycles. The molecule has 0 amide bonds. The van der Waals surface area contributed by atoms with Crippen LogP contribution in [-0.2, 0) is 9.47 Å². The maximum atomic E-state index is 11.6. The summed E-state index contributed by atoms with van der Waals surface area (Å²) in [4.78, 5) is 31.7. The summed E-state index contributed by atoms with van der Waals surface area (Å²) in [6.45, 7) is 4.09. The lowest BCUT2D eigenvalue weighted by Gasteiger charge is -2.04. The van der Waals surface area contributed by atoms with E-state index in [1.54, 1.807) is 62.4 Å². The minimum absolute atomic E-state index is 0.0263. The molecule has 8 heteroatoms. The lowest BCUT2D eigenvalue weighted by atomic mass is 10.2. The van der Waals surface area contributed by atoms with Crippen molar-refractivity contribution in [3.8, 4) is 0 Å². The van der Waals surface area contributed by atoms with Crippen LogP contribution in [0.5, 0.6) is 0 Å². The normalized spacial score (nSPS) is 11.8. The van der Waals surface area contributed by atoms with Crippen molar-refractivity contribution in [3.63, 3.8) is 0 Å². The zero-order valence-electron chi connectivity index (χ0n) is 15.7. The second-order valence-corrected chi connectivity index (χ2v) is 5.53. The fraction of sp³-hybridized carbons (Fsp3) is 0.200. The highest BCUT2D eigenvalue weighted by molar-refractivity contribution is 6.40. The van der Waals surface area contributed by atoms with Crippen molar-refractivity contribution in [2.45, 2.75) is 13.8 Å². The minimum atomic E-state index is -0.404. The van der Waals surface area contributed by atoms with Gasteiger partial charge in [-0.15, -0.1) is 0 Å². The zero-order chi connectivity index (χ0) is 20.5. The van der Waals surface area contributed by atoms with E-state index in [1.165, 1.54) is 0 Å². The van der Waals surface area contributed by atoms with Crippen LogP contribution < -0.4 is 11.5 Å². The first-order chi connectivity index (χ1) is 13.4. The van der Waals surface area contributed by atoms with E-state index >= 15 is 0 Å². The number of amidine groups is 2. The summed E-state index contributed by atoms with van der Waals surface area (Å²) in [6.07, 6.45) is 0. The molecule has 0 saturated heterocycles. The highest BCUT2D eigenvalue weighted by Gasteiger charge is 2.07. The summed E-state index contributed by atoms with van der Waals surface area (Å²) >= 11 is 0. The van der Waals surface area contributed by atoms with Crippen molar-refractivity contribution in [3.05, 3.63) is 59.7 Å². The molecule has 2 aromatic rings. The van der Waals surface area contributed by atoms with Crippen molar-refractivity contribution in [2.75, 3.05) is 13.2 Å². The van der Waals surface area contributed by atoms with Gasteiger partial charge in [-0.1, -0.05) is 0 Å². The number of ether oxygens (including phenoxy) is 2. The molecular weight excluding hydrogens is 360 g/mol. The Hall–Kier alpha value is -3.68. The van der Waals surface area contributed by atoms with Crippen LogP contribution in [0.2, 0.25) is 0 Å². The van der Waals surface area contributed by atoms with Crippen LogP contribution in [0.15, 0.2) is 58.5 Å². The van der Waals surface area contributed by atoms with E-state index in [0.29, 0.717) is 35.7 Å². The SMILES string of the molecule is CCOC(=O)c1ccc(N=C(N)C(N)=Nc2ccc(C(=O)OCC)cc2)cc1. The summed E-state index contributed by atoms with van der Waals surface area (Å²) in [5.41, 5.74) is 13.6. The predicted octanol–water partition coefficient (Wildman–Crippen LogP) is 2.72. The standard InChI is InChI=1S/C20H22N4O4/c1-3-27-19(25)13-5-9-15(10-6-13)23-17(21)18(22)24-16-11-7-14(8-12-16)20(26)28-4-2/h5-12H,3-4H2,1-2H3,(H2,21,23)(H2,22,24). The van der Waals surface area contributed by atoms with Gasteiger partial charge in [-0.3, -0.25) is 0 Å². The van der Waals surface area contributed by atoms with Crippen LogP contribution in [0.3, 0.4) is 0 Å². The van der Waals surface area contributed by atoms with Gasteiger partial charge in [0.25, 0.3) is 0 Å². The molecule has 2 aromatic carbocycles. The fourth-order valence-electron chi connectivity index (χ4n) is 2.17. The van der Waals surface area contributed by atoms with Crippen LogP contribution in [-0.4, -0.2) is 36.8 Å². The van der Waals surface area contributed by atoms with Crippen LogP contribution in [0.25, 0.3) is 0 Å². The Bertz CT molecular complexity index is 812. The molecule has 0 spiro atoms. The number of hydrogen-bond donors (Lipinski definition) is 2. The average molecular weight is 382 g/mol. The molecule has 0 unspecified atom stereocenters. The topological polar surface area (TPSA) is 129 Å². The smallest absolute Gasteiger partial charge is 0.338 e. The van der Waals surface area contributed by atoms with Gasteiger partial charge in [0.05, 0.1) is 35.7 Å². The van der Waals surface area contributed by atoms with Crippen LogP contribution >= 0.6 is 0 Å². The van der Waals surface area contributed by atoms with E-state index in [-0.39, 0.29) is 11.7 Å². The first-order valence-corrected chi connectivity index (χ1v) is 8.67. The van der Waals surface area contributed by atoms with E-state index in [0.717, 1.165) is 0 Å². The highest BCUT2D eigenvalue weighted by Crippen LogP contribution is 2.16. The highest BCUT2D eigenvalue weighted by atomic mass is 16.5. The number of carbonyl (C=O) groups is 2. The Labute approximate surface area is 162 Å². The van der Waals surface area contributed by atoms with E-state index < -0.39 is 11.9 Å². The Kier molecular flexibility index (Phi) is 7.27. The van der Waals surface area contributed by atoms with E-state index in [2.05, 4.69) is 9.98 Å². The van der Waals surface area contributed by atoms with E-state index in [1.807, 2.05) is 0 Å². The third-order valence-electron chi connectivity index (χ3n) is 3.52. The number of aliphatic imine (C=N–C) groups is 2. The second kappa shape index (κ2) is 9.86. The Morgan fingerprint density at radius 3 is 1.32 bits per heavy atom. The number of hydrogen-bond acceptors (Lipinski definition) is 6. The van der Waals surface area contributed by atoms with Gasteiger partial charge in [0.2, 0.25) is 0 Å². The first-order valence-electron chi connectivity index (χ1n) is 8.67. The monoisotopic (exact) mass is 382 g/mol. The van der Waals surface area contributed by atoms with Gasteiger partial charge in [0.15, 0.2) is 11.7 Å². The van der Waals surface area contributed by atoms with Gasteiger partial charge in [-0.2, -0.15) is 0 Å². The van der Waals surface area contributed by atoms with Gasteiger partial charge in [-0.25, -0.2) is 19.6 Å². The summed E-state index contributed by atoms with van der Waals surface area (Å²) in [7, 11) is 0. The van der Waals surface area contributed by atoms with Gasteiger partial charge in [0.1, 0.15) is 0 Å². The predicted molar refractivity (Wildman–Crippen MR) is 107 cm³/mol. The van der Waals surface area contributed by atoms with Gasteiger partial charge in [0, 0.05) is 0 Å². The molecule has 0 radical (unpaired) electrons. The molecular formula is C20H22N4O4. The number of esters is 2. The fourth-order valence-corrected chi connectivity index (χ4v) is 2.17. The largest absolute Gasteiger partial charge is 0.462 e. The summed E-state index contributed by atoms with van der Waals surface area (Å²) < 4.78 is 9.85. The van der Waals surface area contributed by atoms with Crippen molar-refractivity contribution in [1.29, 1.82) is 0 Å². The van der Waals surface area contributed by atoms with E-state index in [4.69, 9.17) is 20.9 Å². The summed E-state index contributed by atoms with van der Waals surface area (Å²) in [5.74, 6) is -0.756. The van der Waals surface area contributed by atoms with Gasteiger partial charge in [-0.05, 0) is 62.4 Å². The molecule has 0 aliphatic carbocycles. The minimum Gasteiger partial charge on any atom is -0.462 e. The third-order valence-corrected chi connectivity index (χ3v) is 3.52. The molecule has 0 atom stereocenters. The molecule has 0 fully saturated rings. The van der Waals surface area contributed by atoms with Gasteiger partial charge >= 0.3 is 11.9 Å². The molecule has 0 bridgehead atoms. The Balaban J connectivity index is 2.11. The molecule has 2 rings (SSSR count). The van der Waals surface area contributed by atoms with Crippen LogP contribution in [0, 0.1) is 0 Å². The van der Waals surface area contributed by atoms with Crippen LogP contribution in [0.1, 0.15) is 34.6 Å². The molecule has 0 aliphatic heterocycles. The lowest BCUT2D eigenvalue weighted by Crippen LogP contribution is -2.30. The molecule has 146 valence electrons. The van der Waals surface area contributed by atoms with Crippen molar-refractivity contribution in [2.24, 2.45) is 21.5 Å². The molecule has 28 heavy (non-hydrogen) atoms. The second-order valence-electron chi connectivity index (χ2n) is 5.53. The number of nitrogens with zero attached hydrogens (tertiary/aromatic N) is 2. The first kappa shape index (κ1) is 20.6. The van der Waals surface area contributed by atoms with Crippen molar-refractivity contribution >= 4 is 35.0 Å². The Morgan fingerprint density at radius 1 is 0.714 bits per heavy atom. The molecule has 0 aromatic heterocycles. The number of rotatable bonds is 6. The quantitative estimate of drug-likeness (QED) is 0.449. The Morgan fingerprint density at radius 2 is 1.04 bits per heavy atom. The zero-order valence-corrected chi connectivity index (χ0v) is 15.7. The summed E-state index contributed by atoms with van der Waals surface area (Å²) in [6, 6.07) is 12.9. The maximum Gasteiger partial charge on any atom is 0.338 e. The molecule has 4 N–H and O–H groups in total. The van der Waals surface area contributed by atoms with Crippen molar-refractivity contribution in [1.82, 2.24) is 0 Å². The number of carbonyl (C=O) groups excluding carboxylic acids is 2. The lowest BCUT2D eigenvalue weighted by molar-refractivity contribution is 0.0517. The third kappa shape index (κ3) is 5.66. The molecule has 0 saturated carbocycles. The molecule has 8 nitrogen and oxygen atoms in total. The van der Waals surface area contributed by atoms with Gasteiger partial charge < -0.3 is 20.9 Å². The summed E-state index contributed by atoms with van der Waals surface area (Å²) in [5, 5.41) is 0. The molecule has 0 aliphatic rings. The number of nitrogens with two attached hydrogens (primary N) is 2. The van der Waals surface area contributed by atoms with E-state index in [9.17, 15) is 9.59 Å². The average Bonchev–Trinajstić information content (AvgIpc) is 2.69. The van der Waals surface area contributed by atoms with Crippen molar-refractivity contribution < 1.29 is 19.1 Å². The van der Waals surface area contributed by atoms with Crippen LogP contribution in [0.4, 0.5) is 11.4 Å². The number of benzene rings is 2.